The number of rotatable bonds is 17. The molecule has 1 unspecified atom stereocenters. The molecule has 3 N–H and O–H groups in total. The van der Waals surface area contributed by atoms with Gasteiger partial charge >= 0.3 is 11.9 Å². The first kappa shape index (κ1) is 41.3. The number of hydrogen-bond acceptors (Lipinski definition) is 8. The van der Waals surface area contributed by atoms with Crippen molar-refractivity contribution in [2.45, 2.75) is 56.5 Å². The molecule has 290 valence electrons. The number of hydrogen-bond donors (Lipinski definition) is 3. The minimum Gasteiger partial charge on any atom is -0.481 e. The van der Waals surface area contributed by atoms with Gasteiger partial charge in [-0.25, -0.2) is 4.79 Å². The first-order chi connectivity index (χ1) is 26.9. The number of Topliss-reactive ketones (excluding diaryl/α,β-unsaturated/α-hetero) is 2. The fraction of sp³-hybridized carbons (Fsp3) is 0.262. The van der Waals surface area contributed by atoms with Crippen molar-refractivity contribution in [3.8, 4) is 0 Å². The molecule has 56 heavy (non-hydrogen) atoms. The van der Waals surface area contributed by atoms with Crippen LogP contribution in [0.5, 0.6) is 0 Å². The zero-order valence-corrected chi connectivity index (χ0v) is 31.6. The number of carbonyl (C=O) groups is 7. The number of nitrogens with one attached hydrogen (secondary N) is 2. The zero-order chi connectivity index (χ0) is 40.2. The third kappa shape index (κ3) is 11.1. The quantitative estimate of drug-likeness (QED) is 0.116. The summed E-state index contributed by atoms with van der Waals surface area (Å²) in [5.41, 5.74) is 2.40. The van der Waals surface area contributed by atoms with Gasteiger partial charge in [0.1, 0.15) is 24.4 Å². The van der Waals surface area contributed by atoms with E-state index in [9.17, 15) is 38.7 Å². The summed E-state index contributed by atoms with van der Waals surface area (Å²) in [4.78, 5) is 93.9. The third-order valence-corrected chi connectivity index (χ3v) is 9.90. The fourth-order valence-electron chi connectivity index (χ4n) is 6.45. The maximum Gasteiger partial charge on any atom is 0.341 e. The van der Waals surface area contributed by atoms with Gasteiger partial charge in [-0.05, 0) is 54.2 Å². The second-order valence-electron chi connectivity index (χ2n) is 13.2. The van der Waals surface area contributed by atoms with Crippen molar-refractivity contribution >= 4 is 70.1 Å². The minimum absolute atomic E-state index is 0.0291. The summed E-state index contributed by atoms with van der Waals surface area (Å²) >= 11 is 12.1. The van der Waals surface area contributed by atoms with Crippen LogP contribution in [0.2, 0.25) is 10.0 Å². The third-order valence-electron chi connectivity index (χ3n) is 9.27. The average molecular weight is 801 g/mol. The van der Waals surface area contributed by atoms with Crippen molar-refractivity contribution in [3.63, 3.8) is 0 Å². The van der Waals surface area contributed by atoms with Crippen molar-refractivity contribution < 1.29 is 43.4 Å². The van der Waals surface area contributed by atoms with Crippen LogP contribution in [0.25, 0.3) is 0 Å². The first-order valence-electron chi connectivity index (χ1n) is 17.9. The second-order valence-corrected chi connectivity index (χ2v) is 14.0. The Bertz CT molecular complexity index is 2080. The van der Waals surface area contributed by atoms with Crippen LogP contribution < -0.4 is 15.5 Å². The van der Waals surface area contributed by atoms with E-state index in [2.05, 4.69) is 10.6 Å². The Labute approximate surface area is 333 Å². The molecule has 3 amide bonds. The molecule has 0 fully saturated rings. The highest BCUT2D eigenvalue weighted by Crippen LogP contribution is 2.36. The van der Waals surface area contributed by atoms with Gasteiger partial charge in [0.2, 0.25) is 17.7 Å². The Morgan fingerprint density at radius 1 is 0.768 bits per heavy atom. The summed E-state index contributed by atoms with van der Waals surface area (Å²) in [7, 11) is 0. The number of esters is 1. The molecule has 3 atom stereocenters. The van der Waals surface area contributed by atoms with Crippen LogP contribution in [0, 0.1) is 0 Å². The Balaban J connectivity index is 1.36. The lowest BCUT2D eigenvalue weighted by Crippen LogP contribution is -2.53. The van der Waals surface area contributed by atoms with Crippen molar-refractivity contribution in [3.05, 3.63) is 135 Å². The van der Waals surface area contributed by atoms with E-state index in [1.807, 2.05) is 60.7 Å². The number of aliphatic carboxylic acids is 1. The van der Waals surface area contributed by atoms with Gasteiger partial charge in [-0.15, -0.1) is 0 Å². The molecule has 1 aliphatic heterocycles. The molecule has 1 aliphatic rings. The molecule has 4 aromatic carbocycles. The number of ketones is 2. The zero-order valence-electron chi connectivity index (χ0n) is 30.1. The van der Waals surface area contributed by atoms with Crippen LogP contribution in [0.3, 0.4) is 0 Å². The molecule has 0 saturated heterocycles. The maximum atomic E-state index is 14.3. The maximum absolute atomic E-state index is 14.3. The van der Waals surface area contributed by atoms with E-state index in [-0.39, 0.29) is 46.3 Å². The standard InChI is InChI=1S/C42H39Cl2N3O9/c43-30-15-9-16-31(44)40(30)42(55)56-25-36(49)32(23-39(52)53)45-38(51)24-47-34-17-8-7-14-28(34)29(35(48)20-18-26-10-3-1-4-11-26)22-33(41(47)54)46-37(50)21-19-27-12-5-2-6-13-27/h1-17,29,32-33H,18-25H2,(H,45,51)(H,46,50)(H,52,53)/t29?,32-,33-/m0/s1. The van der Waals surface area contributed by atoms with Crippen LogP contribution in [0.4, 0.5) is 5.69 Å². The number of ether oxygens (including phenoxy) is 1. The van der Waals surface area contributed by atoms with Crippen molar-refractivity contribution in [1.82, 2.24) is 10.6 Å². The number of aryl methyl sites for hydroxylation is 2. The highest BCUT2D eigenvalue weighted by atomic mass is 35.5. The van der Waals surface area contributed by atoms with Crippen LogP contribution in [0.1, 0.15) is 58.6 Å². The van der Waals surface area contributed by atoms with E-state index in [4.69, 9.17) is 27.9 Å². The van der Waals surface area contributed by atoms with Gasteiger partial charge in [-0.2, -0.15) is 0 Å². The molecule has 12 nitrogen and oxygen atoms in total. The summed E-state index contributed by atoms with van der Waals surface area (Å²) in [6, 6.07) is 26.8. The number of carboxylic acids is 1. The van der Waals surface area contributed by atoms with E-state index < -0.39 is 73.0 Å². The van der Waals surface area contributed by atoms with Crippen molar-refractivity contribution in [2.24, 2.45) is 0 Å². The molecule has 0 aliphatic carbocycles. The molecule has 1 heterocycles. The van der Waals surface area contributed by atoms with Crippen molar-refractivity contribution in [1.29, 1.82) is 0 Å². The summed E-state index contributed by atoms with van der Waals surface area (Å²) in [5.74, 6) is -6.44. The predicted molar refractivity (Wildman–Crippen MR) is 209 cm³/mol. The largest absolute Gasteiger partial charge is 0.481 e. The number of nitrogens with zero attached hydrogens (tertiary/aromatic N) is 1. The van der Waals surface area contributed by atoms with E-state index >= 15 is 0 Å². The molecule has 0 saturated carbocycles. The molecule has 4 aromatic rings. The molecular weight excluding hydrogens is 761 g/mol. The summed E-state index contributed by atoms with van der Waals surface area (Å²) in [6.07, 6.45) is 0.126. The van der Waals surface area contributed by atoms with E-state index in [1.165, 1.54) is 18.2 Å². The highest BCUT2D eigenvalue weighted by molar-refractivity contribution is 6.39. The predicted octanol–water partition coefficient (Wildman–Crippen LogP) is 5.52. The summed E-state index contributed by atoms with van der Waals surface area (Å²) in [6.45, 7) is -1.62. The van der Waals surface area contributed by atoms with Gasteiger partial charge in [-0.3, -0.25) is 28.8 Å². The number of para-hydroxylation sites is 1. The molecular formula is C42H39Cl2N3O9. The van der Waals surface area contributed by atoms with Crippen LogP contribution >= 0.6 is 23.2 Å². The molecule has 5 rings (SSSR count). The first-order valence-corrected chi connectivity index (χ1v) is 18.6. The Kier molecular flexibility index (Phi) is 14.5. The van der Waals surface area contributed by atoms with Crippen LogP contribution in [-0.2, 0) is 46.3 Å². The van der Waals surface area contributed by atoms with Gasteiger partial charge < -0.3 is 25.4 Å². The number of halogens is 2. The van der Waals surface area contributed by atoms with E-state index in [0.717, 1.165) is 16.0 Å². The number of carboxylic acid groups (broad SMARTS) is 1. The van der Waals surface area contributed by atoms with Gasteiger partial charge in [0.15, 0.2) is 12.4 Å². The minimum atomic E-state index is -1.66. The number of carbonyl (C=O) groups excluding carboxylic acids is 6. The topological polar surface area (TPSA) is 176 Å². The van der Waals surface area contributed by atoms with E-state index in [0.29, 0.717) is 18.4 Å². The number of anilines is 1. The van der Waals surface area contributed by atoms with Gasteiger partial charge in [0, 0.05) is 24.4 Å². The monoisotopic (exact) mass is 799 g/mol. The Morgan fingerprint density at radius 2 is 1.36 bits per heavy atom. The Morgan fingerprint density at radius 3 is 1.98 bits per heavy atom. The van der Waals surface area contributed by atoms with Crippen LogP contribution in [0.15, 0.2) is 103 Å². The van der Waals surface area contributed by atoms with Crippen molar-refractivity contribution in [2.75, 3.05) is 18.1 Å². The summed E-state index contributed by atoms with van der Waals surface area (Å²) in [5, 5.41) is 14.7. The number of amides is 3. The van der Waals surface area contributed by atoms with Gasteiger partial charge in [-0.1, -0.05) is 108 Å². The average Bonchev–Trinajstić information content (AvgIpc) is 3.29. The fourth-order valence-corrected chi connectivity index (χ4v) is 7.00. The molecule has 0 bridgehead atoms. The number of benzene rings is 4. The highest BCUT2D eigenvalue weighted by Gasteiger charge is 2.39. The lowest BCUT2D eigenvalue weighted by molar-refractivity contribution is -0.140. The number of fused-ring (bicyclic) bond motifs is 1. The lowest BCUT2D eigenvalue weighted by Gasteiger charge is -2.26. The van der Waals surface area contributed by atoms with Gasteiger partial charge in [0.05, 0.1) is 22.0 Å². The van der Waals surface area contributed by atoms with E-state index in [1.54, 1.807) is 24.3 Å². The molecule has 0 radical (unpaired) electrons. The second kappa shape index (κ2) is 19.7. The van der Waals surface area contributed by atoms with Gasteiger partial charge in [0.25, 0.3) is 0 Å². The smallest absolute Gasteiger partial charge is 0.341 e. The van der Waals surface area contributed by atoms with Crippen LogP contribution in [-0.4, -0.2) is 71.6 Å². The Hall–Kier alpha value is -5.85. The molecule has 0 spiro atoms. The lowest BCUT2D eigenvalue weighted by atomic mass is 9.86. The molecule has 0 aromatic heterocycles. The molecule has 14 heteroatoms. The summed E-state index contributed by atoms with van der Waals surface area (Å²) < 4.78 is 5.07. The normalized spacial score (nSPS) is 15.5. The SMILES string of the molecule is O=C(O)C[C@H](NC(=O)CN1C(=O)[C@@H](NC(=O)CCc2ccccc2)CC(C(=O)CCc2ccccc2)c2ccccc21)C(=O)COC(=O)c1c(Cl)cccc1Cl.